The molecule has 2 aromatic heterocycles. The molecule has 1 aromatic carbocycles. The van der Waals surface area contributed by atoms with E-state index in [0.29, 0.717) is 22.3 Å². The lowest BCUT2D eigenvalue weighted by Gasteiger charge is -2.04. The SMILES string of the molecule is CCc1ccc(OCc2nc(C)c(C(=O)Nc3nnc(C(C)C)s3)s2)cc1. The van der Waals surface area contributed by atoms with E-state index in [4.69, 9.17) is 4.74 Å². The summed E-state index contributed by atoms with van der Waals surface area (Å²) in [6, 6.07) is 8.01. The Morgan fingerprint density at radius 1 is 1.19 bits per heavy atom. The van der Waals surface area contributed by atoms with E-state index in [2.05, 4.69) is 39.6 Å². The van der Waals surface area contributed by atoms with Crippen molar-refractivity contribution in [2.75, 3.05) is 5.32 Å². The second-order valence-electron chi connectivity index (χ2n) is 6.36. The van der Waals surface area contributed by atoms with Crippen LogP contribution in [0.4, 0.5) is 5.13 Å². The van der Waals surface area contributed by atoms with Gasteiger partial charge in [-0.1, -0.05) is 44.2 Å². The molecule has 0 saturated heterocycles. The van der Waals surface area contributed by atoms with Crippen molar-refractivity contribution in [1.82, 2.24) is 15.2 Å². The highest BCUT2D eigenvalue weighted by atomic mass is 32.1. The molecule has 3 rings (SSSR count). The molecule has 0 atom stereocenters. The molecule has 1 N–H and O–H groups in total. The summed E-state index contributed by atoms with van der Waals surface area (Å²) in [5.41, 5.74) is 1.95. The number of amides is 1. The van der Waals surface area contributed by atoms with Crippen LogP contribution in [-0.2, 0) is 13.0 Å². The molecule has 0 bridgehead atoms. The van der Waals surface area contributed by atoms with Crippen molar-refractivity contribution in [2.24, 2.45) is 0 Å². The first-order valence-electron chi connectivity index (χ1n) is 8.79. The van der Waals surface area contributed by atoms with E-state index in [1.54, 1.807) is 0 Å². The number of aryl methyl sites for hydroxylation is 2. The van der Waals surface area contributed by atoms with Crippen LogP contribution in [0.15, 0.2) is 24.3 Å². The first-order valence-corrected chi connectivity index (χ1v) is 10.4. The highest BCUT2D eigenvalue weighted by Crippen LogP contribution is 2.25. The molecule has 0 aliphatic heterocycles. The zero-order valence-electron chi connectivity index (χ0n) is 15.8. The summed E-state index contributed by atoms with van der Waals surface area (Å²) in [5, 5.41) is 13.1. The number of nitrogens with zero attached hydrogens (tertiary/aromatic N) is 3. The van der Waals surface area contributed by atoms with Gasteiger partial charge in [0, 0.05) is 5.92 Å². The third kappa shape index (κ3) is 4.90. The third-order valence-electron chi connectivity index (χ3n) is 3.90. The zero-order valence-corrected chi connectivity index (χ0v) is 17.4. The molecule has 2 heterocycles. The maximum Gasteiger partial charge on any atom is 0.269 e. The van der Waals surface area contributed by atoms with Crippen LogP contribution in [0.5, 0.6) is 5.75 Å². The molecule has 27 heavy (non-hydrogen) atoms. The largest absolute Gasteiger partial charge is 0.486 e. The molecule has 3 aromatic rings. The third-order valence-corrected chi connectivity index (χ3v) is 6.16. The highest BCUT2D eigenvalue weighted by molar-refractivity contribution is 7.16. The van der Waals surface area contributed by atoms with E-state index in [1.807, 2.05) is 32.9 Å². The Morgan fingerprint density at radius 2 is 1.93 bits per heavy atom. The summed E-state index contributed by atoms with van der Waals surface area (Å²) in [4.78, 5) is 17.6. The van der Waals surface area contributed by atoms with Crippen molar-refractivity contribution in [1.29, 1.82) is 0 Å². The van der Waals surface area contributed by atoms with E-state index in [-0.39, 0.29) is 11.8 Å². The number of anilines is 1. The summed E-state index contributed by atoms with van der Waals surface area (Å²) in [7, 11) is 0. The summed E-state index contributed by atoms with van der Waals surface area (Å²) in [6.45, 7) is 8.36. The Balaban J connectivity index is 1.63. The van der Waals surface area contributed by atoms with Crippen LogP contribution >= 0.6 is 22.7 Å². The molecule has 6 nitrogen and oxygen atoms in total. The van der Waals surface area contributed by atoms with Crippen molar-refractivity contribution in [3.63, 3.8) is 0 Å². The lowest BCUT2D eigenvalue weighted by Crippen LogP contribution is -2.11. The maximum absolute atomic E-state index is 12.5. The van der Waals surface area contributed by atoms with Crippen LogP contribution in [0, 0.1) is 6.92 Å². The number of nitrogens with one attached hydrogen (secondary N) is 1. The number of aromatic nitrogens is 3. The molecule has 0 aliphatic carbocycles. The van der Waals surface area contributed by atoms with Gasteiger partial charge in [-0.3, -0.25) is 10.1 Å². The number of ether oxygens (including phenoxy) is 1. The molecule has 142 valence electrons. The van der Waals surface area contributed by atoms with Crippen molar-refractivity contribution in [3.05, 3.63) is 50.4 Å². The zero-order chi connectivity index (χ0) is 19.4. The normalized spacial score (nSPS) is 11.0. The standard InChI is InChI=1S/C19H22N4O2S2/c1-5-13-6-8-14(9-7-13)25-10-15-20-12(4)16(26-15)17(24)21-19-23-22-18(27-19)11(2)3/h6-9,11H,5,10H2,1-4H3,(H,21,23,24). The average molecular weight is 403 g/mol. The van der Waals surface area contributed by atoms with Crippen LogP contribution in [-0.4, -0.2) is 21.1 Å². The summed E-state index contributed by atoms with van der Waals surface area (Å²) >= 11 is 2.73. The Kier molecular flexibility index (Phi) is 6.18. The molecule has 1 amide bonds. The van der Waals surface area contributed by atoms with Crippen LogP contribution in [0.2, 0.25) is 0 Å². The van der Waals surface area contributed by atoms with Gasteiger partial charge in [-0.05, 0) is 31.0 Å². The molecule has 0 radical (unpaired) electrons. The minimum absolute atomic E-state index is 0.213. The van der Waals surface area contributed by atoms with Gasteiger partial charge in [-0.15, -0.1) is 21.5 Å². The lowest BCUT2D eigenvalue weighted by atomic mass is 10.2. The van der Waals surface area contributed by atoms with Gasteiger partial charge in [0.1, 0.15) is 27.2 Å². The molecule has 0 unspecified atom stereocenters. The fourth-order valence-electron chi connectivity index (χ4n) is 2.36. The fourth-order valence-corrected chi connectivity index (χ4v) is 3.98. The average Bonchev–Trinajstić information content (AvgIpc) is 3.27. The number of thiazole rings is 1. The van der Waals surface area contributed by atoms with Crippen LogP contribution < -0.4 is 10.1 Å². The van der Waals surface area contributed by atoms with Gasteiger partial charge in [0.25, 0.3) is 5.91 Å². The first kappa shape index (κ1) is 19.4. The summed E-state index contributed by atoms with van der Waals surface area (Å²) in [6.07, 6.45) is 0.998. The van der Waals surface area contributed by atoms with Gasteiger partial charge in [-0.2, -0.15) is 0 Å². The Bertz CT molecular complexity index is 916. The Morgan fingerprint density at radius 3 is 2.56 bits per heavy atom. The lowest BCUT2D eigenvalue weighted by molar-refractivity contribution is 0.102. The van der Waals surface area contributed by atoms with Gasteiger partial charge in [0.15, 0.2) is 0 Å². The minimum Gasteiger partial charge on any atom is -0.486 e. The quantitative estimate of drug-likeness (QED) is 0.613. The Hall–Kier alpha value is -2.32. The topological polar surface area (TPSA) is 77.0 Å². The van der Waals surface area contributed by atoms with Crippen molar-refractivity contribution in [2.45, 2.75) is 46.6 Å². The molecule has 0 saturated carbocycles. The molecular formula is C19H22N4O2S2. The molecule has 0 fully saturated rings. The van der Waals surface area contributed by atoms with Crippen molar-refractivity contribution in [3.8, 4) is 5.75 Å². The van der Waals surface area contributed by atoms with E-state index in [9.17, 15) is 4.79 Å². The number of benzene rings is 1. The molecule has 0 spiro atoms. The number of carbonyl (C=O) groups excluding carboxylic acids is 1. The summed E-state index contributed by atoms with van der Waals surface area (Å²) in [5.74, 6) is 0.865. The van der Waals surface area contributed by atoms with Crippen molar-refractivity contribution < 1.29 is 9.53 Å². The van der Waals surface area contributed by atoms with E-state index in [1.165, 1.54) is 28.2 Å². The minimum atomic E-state index is -0.213. The van der Waals surface area contributed by atoms with Crippen LogP contribution in [0.3, 0.4) is 0 Å². The highest BCUT2D eigenvalue weighted by Gasteiger charge is 2.18. The number of hydrogen-bond donors (Lipinski definition) is 1. The van der Waals surface area contributed by atoms with Gasteiger partial charge in [-0.25, -0.2) is 4.98 Å². The maximum atomic E-state index is 12.5. The second kappa shape index (κ2) is 8.58. The predicted octanol–water partition coefficient (Wildman–Crippen LogP) is 4.82. The van der Waals surface area contributed by atoms with Gasteiger partial charge >= 0.3 is 0 Å². The number of carbonyl (C=O) groups is 1. The molecule has 8 heteroatoms. The van der Waals surface area contributed by atoms with E-state index in [0.717, 1.165) is 22.2 Å². The smallest absolute Gasteiger partial charge is 0.269 e. The summed E-state index contributed by atoms with van der Waals surface area (Å²) < 4.78 is 5.78. The van der Waals surface area contributed by atoms with Gasteiger partial charge < -0.3 is 4.74 Å². The first-order chi connectivity index (χ1) is 13.0. The predicted molar refractivity (Wildman–Crippen MR) is 109 cm³/mol. The number of hydrogen-bond acceptors (Lipinski definition) is 7. The molecular weight excluding hydrogens is 380 g/mol. The second-order valence-corrected chi connectivity index (χ2v) is 8.46. The van der Waals surface area contributed by atoms with Crippen LogP contribution in [0.1, 0.15) is 57.6 Å². The molecule has 0 aliphatic rings. The number of rotatable bonds is 7. The monoisotopic (exact) mass is 402 g/mol. The van der Waals surface area contributed by atoms with E-state index < -0.39 is 0 Å². The van der Waals surface area contributed by atoms with Crippen LogP contribution in [0.25, 0.3) is 0 Å². The van der Waals surface area contributed by atoms with Gasteiger partial charge in [0.2, 0.25) is 5.13 Å². The van der Waals surface area contributed by atoms with E-state index >= 15 is 0 Å². The fraction of sp³-hybridized carbons (Fsp3) is 0.368. The van der Waals surface area contributed by atoms with Crippen molar-refractivity contribution >= 4 is 33.7 Å². The van der Waals surface area contributed by atoms with Gasteiger partial charge in [0.05, 0.1) is 5.69 Å². The Labute approximate surface area is 166 Å².